The lowest BCUT2D eigenvalue weighted by Gasteiger charge is -2.41. The van der Waals surface area contributed by atoms with Crippen LogP contribution in [0.1, 0.15) is 36.8 Å². The van der Waals surface area contributed by atoms with Crippen LogP contribution in [0.25, 0.3) is 0 Å². The molecular weight excluding hydrogens is 282 g/mol. The summed E-state index contributed by atoms with van der Waals surface area (Å²) in [5.74, 6) is 0.923. The molecule has 0 aliphatic heterocycles. The zero-order valence-electron chi connectivity index (χ0n) is 14.2. The zero-order valence-corrected chi connectivity index (χ0v) is 14.2. The van der Waals surface area contributed by atoms with E-state index in [9.17, 15) is 0 Å². The largest absolute Gasteiger partial charge is 0.367 e. The Labute approximate surface area is 139 Å². The Morgan fingerprint density at radius 3 is 1.91 bits per heavy atom. The Hall–Kier alpha value is -1.64. The second-order valence-corrected chi connectivity index (χ2v) is 6.53. The molecule has 2 aromatic rings. The van der Waals surface area contributed by atoms with E-state index in [4.69, 9.17) is 4.74 Å². The van der Waals surface area contributed by atoms with Crippen LogP contribution in [0.4, 0.5) is 0 Å². The maximum Gasteiger partial charge on any atom is 0.133 e. The van der Waals surface area contributed by atoms with Gasteiger partial charge in [0, 0.05) is 13.2 Å². The number of hydrogen-bond acceptors (Lipinski definition) is 2. The molecule has 0 amide bonds. The second kappa shape index (κ2) is 7.29. The fraction of sp³-hybridized carbons (Fsp3) is 0.429. The van der Waals surface area contributed by atoms with Gasteiger partial charge >= 0.3 is 0 Å². The lowest BCUT2D eigenvalue weighted by atomic mass is 9.78. The van der Waals surface area contributed by atoms with Gasteiger partial charge < -0.3 is 10.1 Å². The minimum absolute atomic E-state index is 0.248. The molecule has 2 heteroatoms. The predicted molar refractivity (Wildman–Crippen MR) is 95.5 cm³/mol. The fourth-order valence-electron chi connectivity index (χ4n) is 3.68. The van der Waals surface area contributed by atoms with E-state index in [0.29, 0.717) is 0 Å². The first-order valence-corrected chi connectivity index (χ1v) is 8.64. The van der Waals surface area contributed by atoms with Crippen molar-refractivity contribution in [3.8, 4) is 0 Å². The molecule has 0 saturated heterocycles. The van der Waals surface area contributed by atoms with Crippen molar-refractivity contribution in [1.29, 1.82) is 0 Å². The molecule has 23 heavy (non-hydrogen) atoms. The molecule has 0 heterocycles. The van der Waals surface area contributed by atoms with Crippen LogP contribution < -0.4 is 5.32 Å². The van der Waals surface area contributed by atoms with Crippen LogP contribution in [0.15, 0.2) is 60.7 Å². The summed E-state index contributed by atoms with van der Waals surface area (Å²) < 4.78 is 6.25. The number of rotatable bonds is 8. The molecule has 1 atom stereocenters. The Bertz CT molecular complexity index is 552. The van der Waals surface area contributed by atoms with E-state index in [1.165, 1.54) is 30.4 Å². The van der Waals surface area contributed by atoms with Gasteiger partial charge in [0.25, 0.3) is 0 Å². The van der Waals surface area contributed by atoms with E-state index in [0.717, 1.165) is 12.3 Å². The van der Waals surface area contributed by atoms with E-state index < -0.39 is 5.60 Å². The highest BCUT2D eigenvalue weighted by Gasteiger charge is 2.42. The molecule has 2 nitrogen and oxygen atoms in total. The van der Waals surface area contributed by atoms with Crippen molar-refractivity contribution in [2.75, 3.05) is 14.2 Å². The van der Waals surface area contributed by atoms with Crippen molar-refractivity contribution in [2.45, 2.75) is 37.3 Å². The first-order valence-electron chi connectivity index (χ1n) is 8.64. The number of ether oxygens (including phenoxy) is 1. The molecule has 1 saturated carbocycles. The number of nitrogens with one attached hydrogen (secondary N) is 1. The van der Waals surface area contributed by atoms with Crippen LogP contribution in [0.2, 0.25) is 0 Å². The van der Waals surface area contributed by atoms with Gasteiger partial charge in [0.05, 0.1) is 0 Å². The quantitative estimate of drug-likeness (QED) is 0.782. The molecule has 0 bridgehead atoms. The highest BCUT2D eigenvalue weighted by Crippen LogP contribution is 2.41. The molecule has 3 rings (SSSR count). The molecule has 1 aliphatic rings. The third-order valence-electron chi connectivity index (χ3n) is 5.13. The first kappa shape index (κ1) is 16.2. The van der Waals surface area contributed by atoms with Gasteiger partial charge in [0.2, 0.25) is 0 Å². The maximum absolute atomic E-state index is 6.25. The minimum atomic E-state index is -0.452. The van der Waals surface area contributed by atoms with E-state index in [-0.39, 0.29) is 6.04 Å². The highest BCUT2D eigenvalue weighted by atomic mass is 16.5. The Kier molecular flexibility index (Phi) is 5.14. The van der Waals surface area contributed by atoms with Crippen molar-refractivity contribution in [2.24, 2.45) is 5.92 Å². The zero-order chi connectivity index (χ0) is 16.1. The van der Waals surface area contributed by atoms with Gasteiger partial charge in [0.15, 0.2) is 0 Å². The van der Waals surface area contributed by atoms with Crippen LogP contribution in [0, 0.1) is 5.92 Å². The summed E-state index contributed by atoms with van der Waals surface area (Å²) in [6.45, 7) is 0. The Morgan fingerprint density at radius 1 is 1.00 bits per heavy atom. The summed E-state index contributed by atoms with van der Waals surface area (Å²) in [4.78, 5) is 0. The number of likely N-dealkylation sites (N-methyl/N-ethyl adjacent to an activating group) is 1. The van der Waals surface area contributed by atoms with Crippen molar-refractivity contribution in [1.82, 2.24) is 5.32 Å². The average molecular weight is 309 g/mol. The smallest absolute Gasteiger partial charge is 0.133 e. The summed E-state index contributed by atoms with van der Waals surface area (Å²) in [5, 5.41) is 3.55. The van der Waals surface area contributed by atoms with Gasteiger partial charge in [-0.2, -0.15) is 0 Å². The van der Waals surface area contributed by atoms with E-state index in [2.05, 4.69) is 73.0 Å². The maximum atomic E-state index is 6.25. The molecule has 0 aromatic heterocycles. The van der Waals surface area contributed by atoms with E-state index in [1.54, 1.807) is 0 Å². The standard InChI is InChI=1S/C21H27NO/c1-22-20(16-15-17-13-14-17)21(23-2,18-9-5-3-6-10-18)19-11-7-4-8-12-19/h3-12,17,20,22H,13-16H2,1-2H3. The molecule has 0 radical (unpaired) electrons. The summed E-state index contributed by atoms with van der Waals surface area (Å²) in [6.07, 6.45) is 5.19. The molecule has 1 fully saturated rings. The van der Waals surface area contributed by atoms with Gasteiger partial charge in [-0.1, -0.05) is 73.5 Å². The Balaban J connectivity index is 2.03. The van der Waals surface area contributed by atoms with Crippen LogP contribution in [0.5, 0.6) is 0 Å². The second-order valence-electron chi connectivity index (χ2n) is 6.53. The summed E-state index contributed by atoms with van der Waals surface area (Å²) >= 11 is 0. The number of hydrogen-bond donors (Lipinski definition) is 1. The predicted octanol–water partition coefficient (Wildman–Crippen LogP) is 4.35. The third kappa shape index (κ3) is 3.34. The Morgan fingerprint density at radius 2 is 1.52 bits per heavy atom. The minimum Gasteiger partial charge on any atom is -0.367 e. The molecule has 2 aromatic carbocycles. The van der Waals surface area contributed by atoms with Gasteiger partial charge in [-0.25, -0.2) is 0 Å². The van der Waals surface area contributed by atoms with Gasteiger partial charge in [-0.15, -0.1) is 0 Å². The molecule has 1 N–H and O–H groups in total. The monoisotopic (exact) mass is 309 g/mol. The van der Waals surface area contributed by atoms with Crippen LogP contribution in [0.3, 0.4) is 0 Å². The summed E-state index contributed by atoms with van der Waals surface area (Å²) in [5.41, 5.74) is 1.97. The van der Waals surface area contributed by atoms with Gasteiger partial charge in [0.1, 0.15) is 5.60 Å². The highest BCUT2D eigenvalue weighted by molar-refractivity contribution is 5.38. The summed E-state index contributed by atoms with van der Waals surface area (Å²) in [6, 6.07) is 21.5. The van der Waals surface area contributed by atoms with Crippen LogP contribution >= 0.6 is 0 Å². The molecule has 1 aliphatic carbocycles. The molecular formula is C21H27NO. The van der Waals surface area contributed by atoms with Crippen LogP contribution in [-0.2, 0) is 10.3 Å². The van der Waals surface area contributed by atoms with Crippen molar-refractivity contribution < 1.29 is 4.74 Å². The third-order valence-corrected chi connectivity index (χ3v) is 5.13. The normalized spacial score (nSPS) is 16.3. The van der Waals surface area contributed by atoms with E-state index >= 15 is 0 Å². The molecule has 122 valence electrons. The van der Waals surface area contributed by atoms with Gasteiger partial charge in [-0.3, -0.25) is 0 Å². The van der Waals surface area contributed by atoms with Crippen molar-refractivity contribution in [3.63, 3.8) is 0 Å². The van der Waals surface area contributed by atoms with Gasteiger partial charge in [-0.05, 0) is 36.9 Å². The lowest BCUT2D eigenvalue weighted by Crippen LogP contribution is -2.49. The number of benzene rings is 2. The first-order chi connectivity index (χ1) is 11.3. The van der Waals surface area contributed by atoms with Crippen molar-refractivity contribution in [3.05, 3.63) is 71.8 Å². The number of methoxy groups -OCH3 is 1. The van der Waals surface area contributed by atoms with Crippen molar-refractivity contribution >= 4 is 0 Å². The van der Waals surface area contributed by atoms with E-state index in [1.807, 2.05) is 7.11 Å². The summed E-state index contributed by atoms with van der Waals surface area (Å²) in [7, 11) is 3.89. The SMILES string of the molecule is CNC(CCC1CC1)C(OC)(c1ccccc1)c1ccccc1. The topological polar surface area (TPSA) is 21.3 Å². The molecule has 1 unspecified atom stereocenters. The van der Waals surface area contributed by atoms with Crippen LogP contribution in [-0.4, -0.2) is 20.2 Å². The lowest BCUT2D eigenvalue weighted by molar-refractivity contribution is -0.0128. The fourth-order valence-corrected chi connectivity index (χ4v) is 3.68. The molecule has 0 spiro atoms. The average Bonchev–Trinajstić information content (AvgIpc) is 3.45.